The highest BCUT2D eigenvalue weighted by Crippen LogP contribution is 2.17. The first-order valence-corrected chi connectivity index (χ1v) is 26.2. The highest BCUT2D eigenvalue weighted by atomic mass is 16.6. The Hall–Kier alpha value is -1.59. The van der Waals surface area contributed by atoms with E-state index >= 15 is 0 Å². The zero-order chi connectivity index (χ0) is 43.3. The second-order valence-electron chi connectivity index (χ2n) is 19.1. The van der Waals surface area contributed by atoms with Crippen LogP contribution in [0.5, 0.6) is 0 Å². The summed E-state index contributed by atoms with van der Waals surface area (Å²) in [5, 5.41) is 0. The van der Waals surface area contributed by atoms with Gasteiger partial charge in [0.2, 0.25) is 0 Å². The fourth-order valence-electron chi connectivity index (χ4n) is 7.99. The average Bonchev–Trinajstić information content (AvgIpc) is 3.20. The van der Waals surface area contributed by atoms with Gasteiger partial charge in [-0.25, -0.2) is 0 Å². The number of carbonyl (C=O) groups excluding carboxylic acids is 3. The molecule has 0 aromatic heterocycles. The Balaban J connectivity index is 4.28. The van der Waals surface area contributed by atoms with Crippen molar-refractivity contribution in [3.63, 3.8) is 0 Å². The Labute approximate surface area is 368 Å². The number of esters is 3. The first kappa shape index (κ1) is 57.4. The van der Waals surface area contributed by atoms with Gasteiger partial charge in [-0.05, 0) is 31.1 Å². The van der Waals surface area contributed by atoms with Gasteiger partial charge in [0.1, 0.15) is 13.2 Å². The molecule has 0 saturated carbocycles. The number of ether oxygens (including phenoxy) is 3. The molecule has 0 aliphatic heterocycles. The molecule has 0 radical (unpaired) electrons. The molecule has 59 heavy (non-hydrogen) atoms. The molecule has 0 aromatic rings. The minimum absolute atomic E-state index is 0.0640. The lowest BCUT2D eigenvalue weighted by Gasteiger charge is -2.18. The van der Waals surface area contributed by atoms with E-state index in [2.05, 4.69) is 34.6 Å². The van der Waals surface area contributed by atoms with Gasteiger partial charge < -0.3 is 14.2 Å². The van der Waals surface area contributed by atoms with E-state index in [1.54, 1.807) is 0 Å². The lowest BCUT2D eigenvalue weighted by Crippen LogP contribution is -2.30. The van der Waals surface area contributed by atoms with Crippen LogP contribution in [-0.2, 0) is 28.6 Å². The molecule has 6 heteroatoms. The van der Waals surface area contributed by atoms with Gasteiger partial charge in [-0.3, -0.25) is 14.4 Å². The second kappa shape index (κ2) is 45.9. The van der Waals surface area contributed by atoms with Crippen molar-refractivity contribution in [3.05, 3.63) is 0 Å². The Morgan fingerprint density at radius 2 is 0.559 bits per heavy atom. The third-order valence-electron chi connectivity index (χ3n) is 12.0. The lowest BCUT2D eigenvalue weighted by atomic mass is 10.0. The van der Waals surface area contributed by atoms with Crippen LogP contribution in [0.25, 0.3) is 0 Å². The molecule has 0 bridgehead atoms. The van der Waals surface area contributed by atoms with E-state index in [0.717, 1.165) is 69.6 Å². The van der Waals surface area contributed by atoms with Crippen molar-refractivity contribution in [2.45, 2.75) is 298 Å². The summed E-state index contributed by atoms with van der Waals surface area (Å²) in [6.07, 6.45) is 46.7. The highest BCUT2D eigenvalue weighted by molar-refractivity contribution is 5.71. The van der Waals surface area contributed by atoms with E-state index in [1.807, 2.05) is 0 Å². The number of hydrogen-bond donors (Lipinski definition) is 0. The summed E-state index contributed by atoms with van der Waals surface area (Å²) >= 11 is 0. The molecule has 0 unspecified atom stereocenters. The first-order valence-electron chi connectivity index (χ1n) is 26.2. The van der Waals surface area contributed by atoms with E-state index in [4.69, 9.17) is 14.2 Å². The minimum atomic E-state index is -0.762. The van der Waals surface area contributed by atoms with Crippen molar-refractivity contribution in [1.29, 1.82) is 0 Å². The fourth-order valence-corrected chi connectivity index (χ4v) is 7.99. The molecule has 1 atom stereocenters. The zero-order valence-electron chi connectivity index (χ0n) is 40.4. The Bertz CT molecular complexity index is 900. The summed E-state index contributed by atoms with van der Waals surface area (Å²) in [5.41, 5.74) is 0. The molecule has 0 fully saturated rings. The molecule has 0 heterocycles. The van der Waals surface area contributed by atoms with Crippen LogP contribution in [0.15, 0.2) is 0 Å². The molecule has 0 spiro atoms. The van der Waals surface area contributed by atoms with Crippen LogP contribution in [-0.4, -0.2) is 37.2 Å². The van der Waals surface area contributed by atoms with Gasteiger partial charge in [0.05, 0.1) is 0 Å². The van der Waals surface area contributed by atoms with Crippen molar-refractivity contribution < 1.29 is 28.6 Å². The van der Waals surface area contributed by atoms with Crippen LogP contribution in [0.4, 0.5) is 0 Å². The maximum atomic E-state index is 12.8. The summed E-state index contributed by atoms with van der Waals surface area (Å²) in [6.45, 7) is 11.3. The largest absolute Gasteiger partial charge is 0.462 e. The predicted molar refractivity (Wildman–Crippen MR) is 252 cm³/mol. The summed E-state index contributed by atoms with van der Waals surface area (Å²) in [5.74, 6) is 0.765. The average molecular weight is 835 g/mol. The SMILES string of the molecule is CCCCCCCCCCCCCCCCCCCC(=O)OC[C@@H](COC(=O)CCCCCCCCCCCC(C)C)OC(=O)CCCCCCCCCCCC(C)C. The van der Waals surface area contributed by atoms with Gasteiger partial charge in [0.25, 0.3) is 0 Å². The summed E-state index contributed by atoms with van der Waals surface area (Å²) < 4.78 is 16.8. The standard InChI is InChI=1S/C53H102O6/c1-6-7-8-9-10-11-12-13-14-15-16-17-18-23-28-33-38-43-51(54)57-46-50(59-53(56)45-40-35-30-25-20-22-27-32-37-42-49(4)5)47-58-52(55)44-39-34-29-24-19-21-26-31-36-41-48(2)3/h48-50H,6-47H2,1-5H3/t50-/m0/s1. The molecule has 0 N–H and O–H groups in total. The monoisotopic (exact) mass is 835 g/mol. The van der Waals surface area contributed by atoms with Crippen molar-refractivity contribution in [3.8, 4) is 0 Å². The second-order valence-corrected chi connectivity index (χ2v) is 19.1. The minimum Gasteiger partial charge on any atom is -0.462 e. The van der Waals surface area contributed by atoms with E-state index in [-0.39, 0.29) is 31.1 Å². The topological polar surface area (TPSA) is 78.9 Å². The third kappa shape index (κ3) is 47.3. The zero-order valence-corrected chi connectivity index (χ0v) is 40.4. The van der Waals surface area contributed by atoms with Crippen LogP contribution in [0.3, 0.4) is 0 Å². The van der Waals surface area contributed by atoms with Crippen molar-refractivity contribution in [1.82, 2.24) is 0 Å². The van der Waals surface area contributed by atoms with Crippen LogP contribution in [0, 0.1) is 11.8 Å². The molecule has 0 saturated heterocycles. The normalized spacial score (nSPS) is 12.1. The molecule has 0 aliphatic rings. The lowest BCUT2D eigenvalue weighted by molar-refractivity contribution is -0.167. The number of hydrogen-bond acceptors (Lipinski definition) is 6. The van der Waals surface area contributed by atoms with E-state index in [0.29, 0.717) is 19.3 Å². The Morgan fingerprint density at radius 1 is 0.322 bits per heavy atom. The Kier molecular flexibility index (Phi) is 44.7. The molecular weight excluding hydrogens is 733 g/mol. The number of unbranched alkanes of at least 4 members (excludes halogenated alkanes) is 32. The van der Waals surface area contributed by atoms with Gasteiger partial charge >= 0.3 is 17.9 Å². The Morgan fingerprint density at radius 3 is 0.831 bits per heavy atom. The molecule has 6 nitrogen and oxygen atoms in total. The maximum absolute atomic E-state index is 12.8. The predicted octanol–water partition coefficient (Wildman–Crippen LogP) is 16.9. The highest BCUT2D eigenvalue weighted by Gasteiger charge is 2.19. The molecular formula is C53H102O6. The van der Waals surface area contributed by atoms with Gasteiger partial charge in [-0.15, -0.1) is 0 Å². The van der Waals surface area contributed by atoms with Crippen molar-refractivity contribution >= 4 is 17.9 Å². The molecule has 0 aliphatic carbocycles. The fraction of sp³-hybridized carbons (Fsp3) is 0.943. The van der Waals surface area contributed by atoms with Gasteiger partial charge in [-0.1, -0.05) is 253 Å². The molecule has 0 amide bonds. The van der Waals surface area contributed by atoms with Gasteiger partial charge in [0.15, 0.2) is 6.10 Å². The maximum Gasteiger partial charge on any atom is 0.306 e. The van der Waals surface area contributed by atoms with Crippen LogP contribution < -0.4 is 0 Å². The van der Waals surface area contributed by atoms with Crippen molar-refractivity contribution in [2.75, 3.05) is 13.2 Å². The smallest absolute Gasteiger partial charge is 0.306 e. The van der Waals surface area contributed by atoms with E-state index in [1.165, 1.54) is 180 Å². The van der Waals surface area contributed by atoms with Gasteiger partial charge in [0, 0.05) is 19.3 Å². The summed E-state index contributed by atoms with van der Waals surface area (Å²) in [4.78, 5) is 37.9. The van der Waals surface area contributed by atoms with Gasteiger partial charge in [-0.2, -0.15) is 0 Å². The van der Waals surface area contributed by atoms with E-state index < -0.39 is 6.10 Å². The molecule has 350 valence electrons. The first-order chi connectivity index (χ1) is 28.7. The van der Waals surface area contributed by atoms with Crippen LogP contribution in [0.2, 0.25) is 0 Å². The third-order valence-corrected chi connectivity index (χ3v) is 12.0. The quantitative estimate of drug-likeness (QED) is 0.0345. The molecule has 0 rings (SSSR count). The molecule has 0 aromatic carbocycles. The number of rotatable bonds is 47. The van der Waals surface area contributed by atoms with Crippen LogP contribution in [0.1, 0.15) is 291 Å². The number of carbonyl (C=O) groups is 3. The summed E-state index contributed by atoms with van der Waals surface area (Å²) in [7, 11) is 0. The summed E-state index contributed by atoms with van der Waals surface area (Å²) in [6, 6.07) is 0. The van der Waals surface area contributed by atoms with Crippen molar-refractivity contribution in [2.24, 2.45) is 11.8 Å². The van der Waals surface area contributed by atoms with Crippen LogP contribution >= 0.6 is 0 Å². The van der Waals surface area contributed by atoms with E-state index in [9.17, 15) is 14.4 Å².